The molecule has 1 heterocycles. The monoisotopic (exact) mass is 211 g/mol. The normalized spacial score (nSPS) is 11.5. The van der Waals surface area contributed by atoms with Gasteiger partial charge in [0.25, 0.3) is 5.88 Å². The lowest BCUT2D eigenvalue weighted by molar-refractivity contribution is -0.277. The van der Waals surface area contributed by atoms with E-state index in [-0.39, 0.29) is 5.56 Å². The second kappa shape index (κ2) is 3.79. The van der Waals surface area contributed by atoms with E-state index in [0.717, 1.165) is 12.3 Å². The molecule has 0 bridgehead atoms. The maximum absolute atomic E-state index is 13.0. The third-order valence-electron chi connectivity index (χ3n) is 1.32. The first-order valence-electron chi connectivity index (χ1n) is 3.44. The van der Waals surface area contributed by atoms with Crippen molar-refractivity contribution in [3.8, 4) is 5.88 Å². The fourth-order valence-corrected chi connectivity index (χ4v) is 0.765. The zero-order chi connectivity index (χ0) is 10.8. The molecule has 0 aliphatic rings. The van der Waals surface area contributed by atoms with Gasteiger partial charge in [0.2, 0.25) is 0 Å². The highest BCUT2D eigenvalue weighted by atomic mass is 19.4. The Hall–Kier alpha value is -1.37. The molecule has 0 unspecified atom stereocenters. The molecule has 0 aliphatic carbocycles. The predicted molar refractivity (Wildman–Crippen MR) is 36.8 cm³/mol. The minimum absolute atomic E-state index is 0.306. The Bertz CT molecular complexity index is 326. The molecule has 1 aromatic heterocycles. The van der Waals surface area contributed by atoms with Crippen molar-refractivity contribution in [2.45, 2.75) is 13.0 Å². The summed E-state index contributed by atoms with van der Waals surface area (Å²) in [7, 11) is 0. The topological polar surface area (TPSA) is 42.4 Å². The number of aliphatic hydroxyl groups is 1. The van der Waals surface area contributed by atoms with Crippen LogP contribution in [0.5, 0.6) is 5.88 Å². The molecule has 0 aliphatic heterocycles. The summed E-state index contributed by atoms with van der Waals surface area (Å²) in [6.07, 6.45) is -4.09. The van der Waals surface area contributed by atoms with Crippen molar-refractivity contribution < 1.29 is 27.4 Å². The minimum atomic E-state index is -5.00. The van der Waals surface area contributed by atoms with Crippen molar-refractivity contribution in [3.05, 3.63) is 23.6 Å². The van der Waals surface area contributed by atoms with E-state index in [1.165, 1.54) is 0 Å². The SMILES string of the molecule is OCc1ccnc(OC(F)(F)F)c1F. The van der Waals surface area contributed by atoms with E-state index in [9.17, 15) is 17.6 Å². The maximum Gasteiger partial charge on any atom is 0.574 e. The van der Waals surface area contributed by atoms with E-state index in [1.54, 1.807) is 0 Å². The van der Waals surface area contributed by atoms with Crippen LogP contribution in [0.4, 0.5) is 17.6 Å². The van der Waals surface area contributed by atoms with Crippen molar-refractivity contribution in [2.24, 2.45) is 0 Å². The highest BCUT2D eigenvalue weighted by Crippen LogP contribution is 2.24. The lowest BCUT2D eigenvalue weighted by Crippen LogP contribution is -2.19. The number of nitrogens with zero attached hydrogens (tertiary/aromatic N) is 1. The molecule has 0 saturated heterocycles. The Kier molecular flexibility index (Phi) is 2.90. The van der Waals surface area contributed by atoms with Gasteiger partial charge in [0.05, 0.1) is 6.61 Å². The summed E-state index contributed by atoms with van der Waals surface area (Å²) in [6.45, 7) is -0.720. The van der Waals surface area contributed by atoms with Crippen LogP contribution in [0, 0.1) is 5.82 Å². The summed E-state index contributed by atoms with van der Waals surface area (Å²) < 4.78 is 51.2. The van der Waals surface area contributed by atoms with Crippen LogP contribution in [0.15, 0.2) is 12.3 Å². The number of hydrogen-bond donors (Lipinski definition) is 1. The lowest BCUT2D eigenvalue weighted by Gasteiger charge is -2.09. The van der Waals surface area contributed by atoms with Crippen LogP contribution in [-0.4, -0.2) is 16.5 Å². The number of alkyl halides is 3. The second-order valence-electron chi connectivity index (χ2n) is 2.30. The third kappa shape index (κ3) is 2.56. The zero-order valence-electron chi connectivity index (χ0n) is 6.68. The molecule has 0 amide bonds. The van der Waals surface area contributed by atoms with E-state index >= 15 is 0 Å². The van der Waals surface area contributed by atoms with E-state index in [4.69, 9.17) is 5.11 Å². The van der Waals surface area contributed by atoms with Crippen molar-refractivity contribution in [1.29, 1.82) is 0 Å². The van der Waals surface area contributed by atoms with Gasteiger partial charge in [-0.1, -0.05) is 0 Å². The van der Waals surface area contributed by atoms with Gasteiger partial charge < -0.3 is 9.84 Å². The molecule has 1 aromatic rings. The van der Waals surface area contributed by atoms with E-state index in [2.05, 4.69) is 9.72 Å². The Labute approximate surface area is 76.0 Å². The highest BCUT2D eigenvalue weighted by Gasteiger charge is 2.33. The Morgan fingerprint density at radius 2 is 2.07 bits per heavy atom. The molecule has 0 fully saturated rings. The van der Waals surface area contributed by atoms with Crippen molar-refractivity contribution in [2.75, 3.05) is 0 Å². The molecule has 14 heavy (non-hydrogen) atoms. The maximum atomic E-state index is 13.0. The highest BCUT2D eigenvalue weighted by molar-refractivity contribution is 5.22. The zero-order valence-corrected chi connectivity index (χ0v) is 6.68. The van der Waals surface area contributed by atoms with Crippen molar-refractivity contribution >= 4 is 0 Å². The van der Waals surface area contributed by atoms with Gasteiger partial charge in [0, 0.05) is 11.8 Å². The fraction of sp³-hybridized carbons (Fsp3) is 0.286. The molecule has 0 atom stereocenters. The molecule has 7 heteroatoms. The van der Waals surface area contributed by atoms with E-state index in [0.29, 0.717) is 0 Å². The van der Waals surface area contributed by atoms with Gasteiger partial charge in [-0.25, -0.2) is 9.37 Å². The van der Waals surface area contributed by atoms with Crippen molar-refractivity contribution in [3.63, 3.8) is 0 Å². The molecular weight excluding hydrogens is 206 g/mol. The second-order valence-corrected chi connectivity index (χ2v) is 2.30. The van der Waals surface area contributed by atoms with E-state index in [1.807, 2.05) is 0 Å². The van der Waals surface area contributed by atoms with Crippen LogP contribution < -0.4 is 4.74 Å². The van der Waals surface area contributed by atoms with Crippen LogP contribution in [-0.2, 0) is 6.61 Å². The van der Waals surface area contributed by atoms with Gasteiger partial charge in [-0.05, 0) is 6.07 Å². The molecular formula is C7H5F4NO2. The van der Waals surface area contributed by atoms with Gasteiger partial charge >= 0.3 is 6.36 Å². The van der Waals surface area contributed by atoms with Crippen LogP contribution in [0.1, 0.15) is 5.56 Å². The molecule has 0 aromatic carbocycles. The Balaban J connectivity index is 2.98. The number of aliphatic hydroxyl groups excluding tert-OH is 1. The Morgan fingerprint density at radius 1 is 1.43 bits per heavy atom. The van der Waals surface area contributed by atoms with Gasteiger partial charge in [0.1, 0.15) is 0 Å². The van der Waals surface area contributed by atoms with Crippen LogP contribution in [0.2, 0.25) is 0 Å². The average molecular weight is 211 g/mol. The average Bonchev–Trinajstić information content (AvgIpc) is 2.06. The summed E-state index contributed by atoms with van der Waals surface area (Å²) in [5, 5.41) is 8.54. The van der Waals surface area contributed by atoms with Crippen molar-refractivity contribution in [1.82, 2.24) is 4.98 Å². The lowest BCUT2D eigenvalue weighted by atomic mass is 10.3. The van der Waals surface area contributed by atoms with Gasteiger partial charge in [-0.3, -0.25) is 0 Å². The Morgan fingerprint density at radius 3 is 2.57 bits per heavy atom. The van der Waals surface area contributed by atoms with Crippen LogP contribution in [0.3, 0.4) is 0 Å². The van der Waals surface area contributed by atoms with Gasteiger partial charge in [0.15, 0.2) is 5.82 Å². The van der Waals surface area contributed by atoms with Crippen LogP contribution >= 0.6 is 0 Å². The summed E-state index contributed by atoms with van der Waals surface area (Å²) in [5.41, 5.74) is -0.306. The minimum Gasteiger partial charge on any atom is -0.392 e. The largest absolute Gasteiger partial charge is 0.574 e. The molecule has 0 spiro atoms. The molecule has 78 valence electrons. The van der Waals surface area contributed by atoms with Gasteiger partial charge in [-0.2, -0.15) is 0 Å². The predicted octanol–water partition coefficient (Wildman–Crippen LogP) is 1.61. The van der Waals surface area contributed by atoms with E-state index < -0.39 is 24.7 Å². The number of hydrogen-bond acceptors (Lipinski definition) is 3. The standard InChI is InChI=1S/C7H5F4NO2/c8-5-4(3-13)1-2-12-6(5)14-7(9,10)11/h1-2,13H,3H2. The summed E-state index contributed by atoms with van der Waals surface area (Å²) in [4.78, 5) is 3.04. The molecule has 1 N–H and O–H groups in total. The third-order valence-corrected chi connectivity index (χ3v) is 1.32. The quantitative estimate of drug-likeness (QED) is 0.755. The molecule has 0 saturated carbocycles. The number of halogens is 4. The summed E-state index contributed by atoms with van der Waals surface area (Å²) >= 11 is 0. The smallest absolute Gasteiger partial charge is 0.392 e. The first kappa shape index (κ1) is 10.7. The molecule has 3 nitrogen and oxygen atoms in total. The summed E-state index contributed by atoms with van der Waals surface area (Å²) in [6, 6.07) is 1.05. The number of pyridine rings is 1. The molecule has 0 radical (unpaired) electrons. The number of rotatable bonds is 2. The molecule has 1 rings (SSSR count). The first-order valence-corrected chi connectivity index (χ1v) is 3.44. The van der Waals surface area contributed by atoms with Gasteiger partial charge in [-0.15, -0.1) is 13.2 Å². The van der Waals surface area contributed by atoms with Crippen LogP contribution in [0.25, 0.3) is 0 Å². The number of ether oxygens (including phenoxy) is 1. The summed E-state index contributed by atoms with van der Waals surface area (Å²) in [5.74, 6) is -2.50. The number of aromatic nitrogens is 1. The first-order chi connectivity index (χ1) is 6.44. The fourth-order valence-electron chi connectivity index (χ4n) is 0.765.